The first-order valence-electron chi connectivity index (χ1n) is 8.61. The van der Waals surface area contributed by atoms with Crippen LogP contribution in [-0.4, -0.2) is 49.9 Å². The average Bonchev–Trinajstić information content (AvgIpc) is 2.48. The smallest absolute Gasteiger partial charge is 0.253 e. The first-order valence-corrected chi connectivity index (χ1v) is 9.37. The zero-order chi connectivity index (χ0) is 20.1. The SMILES string of the molecule is CC(C)[C@H](NC(=O)c1ccc(Cl)cc1Cl)C(=O)NCC(C)(C)CN(C)C. The number of hydrogen-bond acceptors (Lipinski definition) is 3. The van der Waals surface area contributed by atoms with E-state index < -0.39 is 11.9 Å². The number of amides is 2. The second-order valence-electron chi connectivity index (χ2n) is 7.94. The van der Waals surface area contributed by atoms with Gasteiger partial charge in [-0.15, -0.1) is 0 Å². The van der Waals surface area contributed by atoms with Crippen LogP contribution in [0.5, 0.6) is 0 Å². The predicted octanol–water partition coefficient (Wildman–Crippen LogP) is 3.45. The van der Waals surface area contributed by atoms with E-state index in [1.165, 1.54) is 6.07 Å². The summed E-state index contributed by atoms with van der Waals surface area (Å²) in [6.07, 6.45) is 0. The van der Waals surface area contributed by atoms with Crippen LogP contribution in [0.25, 0.3) is 0 Å². The number of carbonyl (C=O) groups excluding carboxylic acids is 2. The fourth-order valence-corrected chi connectivity index (χ4v) is 3.27. The zero-order valence-corrected chi connectivity index (χ0v) is 17.8. The Bertz CT molecular complexity index is 646. The Hall–Kier alpha value is -1.30. The zero-order valence-electron chi connectivity index (χ0n) is 16.3. The molecule has 0 aliphatic rings. The highest BCUT2D eigenvalue weighted by Gasteiger charge is 2.27. The molecule has 5 nitrogen and oxygen atoms in total. The van der Waals surface area contributed by atoms with E-state index in [-0.39, 0.29) is 22.3 Å². The van der Waals surface area contributed by atoms with Crippen molar-refractivity contribution in [3.8, 4) is 0 Å². The second-order valence-corrected chi connectivity index (χ2v) is 8.78. The molecule has 146 valence electrons. The molecule has 1 atom stereocenters. The van der Waals surface area contributed by atoms with Gasteiger partial charge in [-0.2, -0.15) is 0 Å². The first-order chi connectivity index (χ1) is 11.9. The van der Waals surface area contributed by atoms with E-state index >= 15 is 0 Å². The third kappa shape index (κ3) is 7.14. The van der Waals surface area contributed by atoms with E-state index in [9.17, 15) is 9.59 Å². The minimum atomic E-state index is -0.649. The van der Waals surface area contributed by atoms with Crippen LogP contribution in [0.2, 0.25) is 10.0 Å². The largest absolute Gasteiger partial charge is 0.354 e. The third-order valence-corrected chi connectivity index (χ3v) is 4.44. The van der Waals surface area contributed by atoms with E-state index in [2.05, 4.69) is 29.4 Å². The van der Waals surface area contributed by atoms with Crippen molar-refractivity contribution in [3.63, 3.8) is 0 Å². The fraction of sp³-hybridized carbons (Fsp3) is 0.579. The van der Waals surface area contributed by atoms with Gasteiger partial charge in [0.05, 0.1) is 10.6 Å². The fourth-order valence-electron chi connectivity index (χ4n) is 2.78. The Morgan fingerprint density at radius 2 is 1.81 bits per heavy atom. The van der Waals surface area contributed by atoms with Crippen molar-refractivity contribution in [1.29, 1.82) is 0 Å². The average molecular weight is 402 g/mol. The monoisotopic (exact) mass is 401 g/mol. The Balaban J connectivity index is 2.79. The summed E-state index contributed by atoms with van der Waals surface area (Å²) in [5.74, 6) is -0.666. The molecule has 0 fully saturated rings. The van der Waals surface area contributed by atoms with Crippen LogP contribution in [0, 0.1) is 11.3 Å². The quantitative estimate of drug-likeness (QED) is 0.700. The van der Waals surface area contributed by atoms with Gasteiger partial charge in [-0.3, -0.25) is 9.59 Å². The van der Waals surface area contributed by atoms with Gasteiger partial charge in [-0.05, 0) is 43.6 Å². The van der Waals surface area contributed by atoms with Gasteiger partial charge in [0.25, 0.3) is 5.91 Å². The molecule has 0 spiro atoms. The number of halogens is 2. The molecule has 26 heavy (non-hydrogen) atoms. The van der Waals surface area contributed by atoms with Crippen molar-refractivity contribution in [2.75, 3.05) is 27.2 Å². The molecular weight excluding hydrogens is 373 g/mol. The van der Waals surface area contributed by atoms with E-state index in [1.807, 2.05) is 27.9 Å². The Kier molecular flexibility index (Phi) is 8.38. The van der Waals surface area contributed by atoms with Crippen LogP contribution >= 0.6 is 23.2 Å². The molecule has 0 heterocycles. The minimum Gasteiger partial charge on any atom is -0.354 e. The predicted molar refractivity (Wildman–Crippen MR) is 108 cm³/mol. The molecule has 0 saturated heterocycles. The summed E-state index contributed by atoms with van der Waals surface area (Å²) in [6, 6.07) is 4.00. The highest BCUT2D eigenvalue weighted by atomic mass is 35.5. The molecule has 0 radical (unpaired) electrons. The van der Waals surface area contributed by atoms with Gasteiger partial charge in [0.2, 0.25) is 5.91 Å². The molecule has 2 N–H and O–H groups in total. The molecule has 0 aromatic heterocycles. The maximum absolute atomic E-state index is 12.6. The first kappa shape index (κ1) is 22.7. The van der Waals surface area contributed by atoms with Crippen LogP contribution in [0.15, 0.2) is 18.2 Å². The van der Waals surface area contributed by atoms with Crippen LogP contribution in [0.1, 0.15) is 38.1 Å². The van der Waals surface area contributed by atoms with Gasteiger partial charge in [-0.25, -0.2) is 0 Å². The van der Waals surface area contributed by atoms with Crippen molar-refractivity contribution >= 4 is 35.0 Å². The molecule has 0 bridgehead atoms. The lowest BCUT2D eigenvalue weighted by molar-refractivity contribution is -0.124. The van der Waals surface area contributed by atoms with E-state index in [0.29, 0.717) is 17.1 Å². The lowest BCUT2D eigenvalue weighted by Crippen LogP contribution is -2.52. The highest BCUT2D eigenvalue weighted by molar-refractivity contribution is 6.36. The normalized spacial score (nSPS) is 13.0. The molecule has 7 heteroatoms. The van der Waals surface area contributed by atoms with E-state index in [0.717, 1.165) is 6.54 Å². The number of rotatable bonds is 8. The summed E-state index contributed by atoms with van der Waals surface area (Å²) in [5.41, 5.74) is 0.215. The number of nitrogens with zero attached hydrogens (tertiary/aromatic N) is 1. The lowest BCUT2D eigenvalue weighted by Gasteiger charge is -2.30. The van der Waals surface area contributed by atoms with Crippen molar-refractivity contribution < 1.29 is 9.59 Å². The second kappa shape index (κ2) is 9.58. The Morgan fingerprint density at radius 1 is 1.19 bits per heavy atom. The molecule has 0 aliphatic heterocycles. The van der Waals surface area contributed by atoms with Crippen molar-refractivity contribution in [3.05, 3.63) is 33.8 Å². The minimum absolute atomic E-state index is 0.0676. The van der Waals surface area contributed by atoms with Gasteiger partial charge < -0.3 is 15.5 Å². The molecule has 2 amide bonds. The van der Waals surface area contributed by atoms with Crippen molar-refractivity contribution in [1.82, 2.24) is 15.5 Å². The molecule has 1 rings (SSSR count). The highest BCUT2D eigenvalue weighted by Crippen LogP contribution is 2.21. The standard InChI is InChI=1S/C19H29Cl2N3O2/c1-12(2)16(18(26)22-10-19(3,4)11-24(5)6)23-17(25)14-8-7-13(20)9-15(14)21/h7-9,12,16H,10-11H2,1-6H3,(H,22,26)(H,23,25)/t16-/m0/s1. The summed E-state index contributed by atoms with van der Waals surface area (Å²) >= 11 is 12.0. The Morgan fingerprint density at radius 3 is 2.31 bits per heavy atom. The van der Waals surface area contributed by atoms with Crippen LogP contribution in [0.3, 0.4) is 0 Å². The summed E-state index contributed by atoms with van der Waals surface area (Å²) in [7, 11) is 3.99. The summed E-state index contributed by atoms with van der Waals surface area (Å²) in [4.78, 5) is 27.2. The maximum atomic E-state index is 12.6. The summed E-state index contributed by atoms with van der Waals surface area (Å²) in [5, 5.41) is 6.44. The summed E-state index contributed by atoms with van der Waals surface area (Å²) in [6.45, 7) is 9.31. The number of nitrogens with one attached hydrogen (secondary N) is 2. The number of benzene rings is 1. The third-order valence-electron chi connectivity index (χ3n) is 3.90. The van der Waals surface area contributed by atoms with Gasteiger partial charge in [0.15, 0.2) is 0 Å². The Labute approximate surface area is 166 Å². The van der Waals surface area contributed by atoms with Crippen LogP contribution < -0.4 is 10.6 Å². The van der Waals surface area contributed by atoms with Gasteiger partial charge in [0.1, 0.15) is 6.04 Å². The van der Waals surface area contributed by atoms with E-state index in [4.69, 9.17) is 23.2 Å². The molecule has 1 aromatic rings. The van der Waals surface area contributed by atoms with Gasteiger partial charge in [-0.1, -0.05) is 50.9 Å². The lowest BCUT2D eigenvalue weighted by atomic mass is 9.92. The molecule has 0 unspecified atom stereocenters. The molecule has 1 aromatic carbocycles. The van der Waals surface area contributed by atoms with Crippen molar-refractivity contribution in [2.24, 2.45) is 11.3 Å². The van der Waals surface area contributed by atoms with Crippen LogP contribution in [-0.2, 0) is 4.79 Å². The van der Waals surface area contributed by atoms with Crippen LogP contribution in [0.4, 0.5) is 0 Å². The number of carbonyl (C=O) groups is 2. The van der Waals surface area contributed by atoms with Gasteiger partial charge in [0, 0.05) is 18.1 Å². The molecular formula is C19H29Cl2N3O2. The molecule has 0 aliphatic carbocycles. The molecule has 0 saturated carbocycles. The number of hydrogen-bond donors (Lipinski definition) is 2. The van der Waals surface area contributed by atoms with Gasteiger partial charge >= 0.3 is 0 Å². The van der Waals surface area contributed by atoms with Crippen molar-refractivity contribution in [2.45, 2.75) is 33.7 Å². The van der Waals surface area contributed by atoms with E-state index in [1.54, 1.807) is 12.1 Å². The maximum Gasteiger partial charge on any atom is 0.253 e. The topological polar surface area (TPSA) is 61.4 Å². The summed E-state index contributed by atoms with van der Waals surface area (Å²) < 4.78 is 0.